The van der Waals surface area contributed by atoms with Crippen molar-refractivity contribution in [3.63, 3.8) is 0 Å². The molecule has 0 saturated heterocycles. The van der Waals surface area contributed by atoms with Crippen LogP contribution in [0.2, 0.25) is 0 Å². The van der Waals surface area contributed by atoms with E-state index in [9.17, 15) is 4.79 Å². The summed E-state index contributed by atoms with van der Waals surface area (Å²) in [5.74, 6) is 2.03. The molecule has 98 valence electrons. The number of nitrogens with one attached hydrogen (secondary N) is 1. The first-order valence-corrected chi connectivity index (χ1v) is 6.12. The van der Waals surface area contributed by atoms with Gasteiger partial charge in [0.05, 0.1) is 5.69 Å². The van der Waals surface area contributed by atoms with Crippen molar-refractivity contribution < 1.29 is 9.47 Å². The molecule has 0 radical (unpaired) electrons. The molecule has 5 heteroatoms. The lowest BCUT2D eigenvalue weighted by Crippen LogP contribution is -2.16. The van der Waals surface area contributed by atoms with Crippen LogP contribution in [0.25, 0.3) is 11.3 Å². The zero-order valence-electron chi connectivity index (χ0n) is 10.8. The minimum atomic E-state index is -0.114. The third-order valence-corrected chi connectivity index (χ3v) is 3.09. The van der Waals surface area contributed by atoms with E-state index in [4.69, 9.17) is 9.47 Å². The van der Waals surface area contributed by atoms with E-state index in [1.807, 2.05) is 18.2 Å². The van der Waals surface area contributed by atoms with Gasteiger partial charge in [-0.1, -0.05) is 0 Å². The van der Waals surface area contributed by atoms with Gasteiger partial charge in [0.25, 0.3) is 5.56 Å². The fraction of sp³-hybridized carbons (Fsp3) is 0.286. The predicted octanol–water partition coefficient (Wildman–Crippen LogP) is 1.82. The first kappa shape index (κ1) is 11.8. The average Bonchev–Trinajstić information content (AvgIpc) is 2.42. The molecule has 0 spiro atoms. The van der Waals surface area contributed by atoms with Crippen molar-refractivity contribution in [2.75, 3.05) is 13.2 Å². The van der Waals surface area contributed by atoms with E-state index in [0.29, 0.717) is 36.0 Å². The predicted molar refractivity (Wildman–Crippen MR) is 70.8 cm³/mol. The summed E-state index contributed by atoms with van der Waals surface area (Å²) in [5.41, 5.74) is 2.02. The number of rotatable bonds is 1. The molecule has 19 heavy (non-hydrogen) atoms. The van der Waals surface area contributed by atoms with Crippen LogP contribution >= 0.6 is 0 Å². The number of aryl methyl sites for hydroxylation is 1. The number of aromatic nitrogens is 2. The number of hydrogen-bond acceptors (Lipinski definition) is 4. The lowest BCUT2D eigenvalue weighted by Gasteiger charge is -2.19. The molecular weight excluding hydrogens is 244 g/mol. The van der Waals surface area contributed by atoms with Gasteiger partial charge in [0.2, 0.25) is 0 Å². The maximum atomic E-state index is 11.8. The van der Waals surface area contributed by atoms with Gasteiger partial charge in [-0.2, -0.15) is 0 Å². The van der Waals surface area contributed by atoms with Gasteiger partial charge < -0.3 is 14.5 Å². The van der Waals surface area contributed by atoms with Gasteiger partial charge in [0, 0.05) is 11.1 Å². The van der Waals surface area contributed by atoms with E-state index >= 15 is 0 Å². The maximum Gasteiger partial charge on any atom is 0.254 e. The van der Waals surface area contributed by atoms with Crippen LogP contribution in [0.3, 0.4) is 0 Å². The highest BCUT2D eigenvalue weighted by Gasteiger charge is 2.15. The fourth-order valence-corrected chi connectivity index (χ4v) is 2.12. The largest absolute Gasteiger partial charge is 0.486 e. The summed E-state index contributed by atoms with van der Waals surface area (Å²) in [6, 6.07) is 5.60. The number of H-pyrrole nitrogens is 1. The van der Waals surface area contributed by atoms with Crippen LogP contribution in [-0.2, 0) is 0 Å². The van der Waals surface area contributed by atoms with Gasteiger partial charge in [-0.3, -0.25) is 4.79 Å². The Kier molecular flexibility index (Phi) is 2.74. The Balaban J connectivity index is 2.15. The summed E-state index contributed by atoms with van der Waals surface area (Å²) in [6.45, 7) is 4.63. The number of nitrogens with zero attached hydrogens (tertiary/aromatic N) is 1. The summed E-state index contributed by atoms with van der Waals surface area (Å²) in [6.07, 6.45) is 0. The van der Waals surface area contributed by atoms with Crippen LogP contribution in [0.4, 0.5) is 0 Å². The second-order valence-corrected chi connectivity index (χ2v) is 4.48. The lowest BCUT2D eigenvalue weighted by atomic mass is 10.1. The molecule has 0 bridgehead atoms. The Morgan fingerprint density at radius 2 is 1.89 bits per heavy atom. The van der Waals surface area contributed by atoms with Gasteiger partial charge >= 0.3 is 0 Å². The zero-order valence-corrected chi connectivity index (χ0v) is 10.8. The third kappa shape index (κ3) is 2.07. The highest BCUT2D eigenvalue weighted by Crippen LogP contribution is 2.34. The normalized spacial score (nSPS) is 13.4. The Hall–Kier alpha value is -2.30. The zero-order chi connectivity index (χ0) is 13.4. The van der Waals surface area contributed by atoms with Crippen molar-refractivity contribution in [2.45, 2.75) is 13.8 Å². The smallest absolute Gasteiger partial charge is 0.254 e. The molecule has 1 aliphatic rings. The molecular formula is C14H14N2O3. The number of ether oxygens (including phenoxy) is 2. The quantitative estimate of drug-likeness (QED) is 0.847. The van der Waals surface area contributed by atoms with Crippen molar-refractivity contribution in [1.82, 2.24) is 9.97 Å². The van der Waals surface area contributed by atoms with E-state index in [2.05, 4.69) is 9.97 Å². The Labute approximate surface area is 110 Å². The minimum Gasteiger partial charge on any atom is -0.486 e. The van der Waals surface area contributed by atoms with Crippen LogP contribution < -0.4 is 15.0 Å². The standard InChI is InChI=1S/C14H14N2O3/c1-8-13(15-9(2)16-14(8)17)10-3-4-11-12(7-10)19-6-5-18-11/h3-4,7H,5-6H2,1-2H3,(H,15,16,17). The number of benzene rings is 1. The Morgan fingerprint density at radius 3 is 2.68 bits per heavy atom. The van der Waals surface area contributed by atoms with Crippen molar-refractivity contribution in [3.8, 4) is 22.8 Å². The molecule has 1 aromatic carbocycles. The molecule has 3 rings (SSSR count). The summed E-state index contributed by atoms with van der Waals surface area (Å²) < 4.78 is 11.0. The van der Waals surface area contributed by atoms with E-state index in [0.717, 1.165) is 11.3 Å². The highest BCUT2D eigenvalue weighted by molar-refractivity contribution is 5.66. The SMILES string of the molecule is Cc1nc(-c2ccc3c(c2)OCCO3)c(C)c(=O)[nH]1. The van der Waals surface area contributed by atoms with E-state index < -0.39 is 0 Å². The van der Waals surface area contributed by atoms with Gasteiger partial charge in [-0.05, 0) is 32.0 Å². The molecule has 1 aliphatic heterocycles. The average molecular weight is 258 g/mol. The van der Waals surface area contributed by atoms with Gasteiger partial charge in [0.15, 0.2) is 11.5 Å². The molecule has 2 aromatic rings. The first-order chi connectivity index (χ1) is 9.15. The van der Waals surface area contributed by atoms with Crippen molar-refractivity contribution in [1.29, 1.82) is 0 Å². The fourth-order valence-electron chi connectivity index (χ4n) is 2.12. The highest BCUT2D eigenvalue weighted by atomic mass is 16.6. The second-order valence-electron chi connectivity index (χ2n) is 4.48. The molecule has 2 heterocycles. The first-order valence-electron chi connectivity index (χ1n) is 6.12. The van der Waals surface area contributed by atoms with Crippen LogP contribution in [-0.4, -0.2) is 23.2 Å². The molecule has 0 amide bonds. The molecule has 0 saturated carbocycles. The van der Waals surface area contributed by atoms with E-state index in [1.54, 1.807) is 13.8 Å². The van der Waals surface area contributed by atoms with Crippen LogP contribution in [0.15, 0.2) is 23.0 Å². The molecule has 1 N–H and O–H groups in total. The van der Waals surface area contributed by atoms with Crippen LogP contribution in [0, 0.1) is 13.8 Å². The summed E-state index contributed by atoms with van der Waals surface area (Å²) in [5, 5.41) is 0. The second kappa shape index (κ2) is 4.42. The number of aromatic amines is 1. The molecule has 1 aromatic heterocycles. The molecule has 0 fully saturated rings. The van der Waals surface area contributed by atoms with Crippen LogP contribution in [0.1, 0.15) is 11.4 Å². The topological polar surface area (TPSA) is 64.2 Å². The maximum absolute atomic E-state index is 11.8. The van der Waals surface area contributed by atoms with Crippen molar-refractivity contribution >= 4 is 0 Å². The number of hydrogen-bond donors (Lipinski definition) is 1. The van der Waals surface area contributed by atoms with Gasteiger partial charge in [-0.25, -0.2) is 4.98 Å². The van der Waals surface area contributed by atoms with E-state index in [-0.39, 0.29) is 5.56 Å². The summed E-state index contributed by atoms with van der Waals surface area (Å²) in [4.78, 5) is 18.9. The monoisotopic (exact) mass is 258 g/mol. The Bertz CT molecular complexity index is 692. The van der Waals surface area contributed by atoms with Gasteiger partial charge in [0.1, 0.15) is 19.0 Å². The van der Waals surface area contributed by atoms with Crippen molar-refractivity contribution in [2.24, 2.45) is 0 Å². The Morgan fingerprint density at radius 1 is 1.16 bits per heavy atom. The molecule has 0 atom stereocenters. The number of fused-ring (bicyclic) bond motifs is 1. The van der Waals surface area contributed by atoms with Gasteiger partial charge in [-0.15, -0.1) is 0 Å². The summed E-state index contributed by atoms with van der Waals surface area (Å²) >= 11 is 0. The minimum absolute atomic E-state index is 0.114. The molecule has 5 nitrogen and oxygen atoms in total. The lowest BCUT2D eigenvalue weighted by molar-refractivity contribution is 0.171. The van der Waals surface area contributed by atoms with Crippen molar-refractivity contribution in [3.05, 3.63) is 39.9 Å². The van der Waals surface area contributed by atoms with E-state index in [1.165, 1.54) is 0 Å². The molecule has 0 unspecified atom stereocenters. The van der Waals surface area contributed by atoms with Crippen LogP contribution in [0.5, 0.6) is 11.5 Å². The summed E-state index contributed by atoms with van der Waals surface area (Å²) in [7, 11) is 0. The third-order valence-electron chi connectivity index (χ3n) is 3.09. The molecule has 0 aliphatic carbocycles.